The molecule has 8 nitrogen and oxygen atoms in total. The number of rotatable bonds is 6. The number of furan rings is 1. The lowest BCUT2D eigenvalue weighted by Gasteiger charge is -2.14. The molecule has 156 valence electrons. The van der Waals surface area contributed by atoms with Crippen LogP contribution >= 0.6 is 11.6 Å². The maximum Gasteiger partial charge on any atom is 0.338 e. The second-order valence-corrected chi connectivity index (χ2v) is 6.76. The first-order chi connectivity index (χ1) is 14.9. The first-order valence-corrected chi connectivity index (χ1v) is 9.41. The van der Waals surface area contributed by atoms with Gasteiger partial charge in [-0.2, -0.15) is 5.26 Å². The van der Waals surface area contributed by atoms with Crippen molar-refractivity contribution in [1.29, 1.82) is 5.26 Å². The Kier molecular flexibility index (Phi) is 6.70. The largest absolute Gasteiger partial charge is 0.459 e. The standard InChI is InChI=1S/C22H16ClN3O5/c1-13(20(27)26-17-9-6-15(12-24)18(23)11-17)31-22(29)14-4-7-16(8-5-14)25-21(28)19-3-2-10-30-19/h2-11,13H,1H3,(H,25,28)(H,26,27). The van der Waals surface area contributed by atoms with Crippen molar-refractivity contribution in [1.82, 2.24) is 0 Å². The number of esters is 1. The van der Waals surface area contributed by atoms with Crippen molar-refractivity contribution in [3.05, 3.63) is 82.8 Å². The topological polar surface area (TPSA) is 121 Å². The number of anilines is 2. The zero-order valence-corrected chi connectivity index (χ0v) is 17.0. The number of benzene rings is 2. The summed E-state index contributed by atoms with van der Waals surface area (Å²) in [5, 5.41) is 14.3. The van der Waals surface area contributed by atoms with Gasteiger partial charge in [0.15, 0.2) is 11.9 Å². The lowest BCUT2D eigenvalue weighted by molar-refractivity contribution is -0.123. The van der Waals surface area contributed by atoms with Crippen molar-refractivity contribution in [2.45, 2.75) is 13.0 Å². The number of ether oxygens (including phenoxy) is 1. The molecule has 9 heteroatoms. The molecule has 2 N–H and O–H groups in total. The summed E-state index contributed by atoms with van der Waals surface area (Å²) >= 11 is 5.94. The Bertz CT molecular complexity index is 1150. The molecule has 1 aromatic heterocycles. The predicted molar refractivity (Wildman–Crippen MR) is 113 cm³/mol. The fourth-order valence-corrected chi connectivity index (χ4v) is 2.72. The highest BCUT2D eigenvalue weighted by molar-refractivity contribution is 6.32. The molecule has 0 saturated heterocycles. The summed E-state index contributed by atoms with van der Waals surface area (Å²) in [6.07, 6.45) is 0.307. The van der Waals surface area contributed by atoms with E-state index in [1.54, 1.807) is 6.07 Å². The Morgan fingerprint density at radius 3 is 2.39 bits per heavy atom. The van der Waals surface area contributed by atoms with Gasteiger partial charge in [0.05, 0.1) is 22.4 Å². The van der Waals surface area contributed by atoms with Gasteiger partial charge in [-0.25, -0.2) is 4.79 Å². The third kappa shape index (κ3) is 5.50. The highest BCUT2D eigenvalue weighted by Crippen LogP contribution is 2.20. The minimum absolute atomic E-state index is 0.159. The van der Waals surface area contributed by atoms with Gasteiger partial charge in [0.2, 0.25) is 0 Å². The molecule has 1 heterocycles. The van der Waals surface area contributed by atoms with Crippen LogP contribution in [0.25, 0.3) is 0 Å². The average molecular weight is 438 g/mol. The number of nitriles is 1. The number of hydrogen-bond donors (Lipinski definition) is 2. The molecule has 0 aliphatic carbocycles. The molecule has 0 bridgehead atoms. The molecule has 0 saturated carbocycles. The minimum atomic E-state index is -1.08. The van der Waals surface area contributed by atoms with Crippen molar-refractivity contribution < 1.29 is 23.5 Å². The molecule has 0 spiro atoms. The zero-order valence-electron chi connectivity index (χ0n) is 16.2. The Hall–Kier alpha value is -4.09. The number of carbonyl (C=O) groups excluding carboxylic acids is 3. The van der Waals surface area contributed by atoms with Crippen LogP contribution in [0.5, 0.6) is 0 Å². The summed E-state index contributed by atoms with van der Waals surface area (Å²) in [6, 6.07) is 15.5. The third-order valence-electron chi connectivity index (χ3n) is 4.13. The third-order valence-corrected chi connectivity index (χ3v) is 4.45. The van der Waals surface area contributed by atoms with Gasteiger partial charge in [0, 0.05) is 11.4 Å². The Morgan fingerprint density at radius 2 is 1.77 bits per heavy atom. The Labute approximate surface area is 182 Å². The van der Waals surface area contributed by atoms with Gasteiger partial charge >= 0.3 is 5.97 Å². The molecule has 0 fully saturated rings. The van der Waals surface area contributed by atoms with Crippen molar-refractivity contribution >= 4 is 40.8 Å². The number of carbonyl (C=O) groups is 3. The molecule has 31 heavy (non-hydrogen) atoms. The van der Waals surface area contributed by atoms with Gasteiger partial charge in [-0.05, 0) is 61.5 Å². The SMILES string of the molecule is CC(OC(=O)c1ccc(NC(=O)c2ccco2)cc1)C(=O)Nc1ccc(C#N)c(Cl)c1. The molecule has 0 radical (unpaired) electrons. The van der Waals surface area contributed by atoms with Crippen LogP contribution in [0, 0.1) is 11.3 Å². The highest BCUT2D eigenvalue weighted by atomic mass is 35.5. The van der Waals surface area contributed by atoms with Crippen LogP contribution in [0.4, 0.5) is 11.4 Å². The maximum atomic E-state index is 12.3. The van der Waals surface area contributed by atoms with E-state index in [1.165, 1.54) is 61.7 Å². The molecule has 2 amide bonds. The van der Waals surface area contributed by atoms with E-state index >= 15 is 0 Å². The van der Waals surface area contributed by atoms with Crippen LogP contribution in [-0.4, -0.2) is 23.9 Å². The first kappa shape index (κ1) is 21.6. The molecule has 3 aromatic rings. The smallest absolute Gasteiger partial charge is 0.338 e. The number of nitrogens with one attached hydrogen (secondary N) is 2. The molecule has 1 unspecified atom stereocenters. The molecule has 2 aromatic carbocycles. The van der Waals surface area contributed by atoms with E-state index in [2.05, 4.69) is 10.6 Å². The van der Waals surface area contributed by atoms with Gasteiger partial charge < -0.3 is 19.8 Å². The van der Waals surface area contributed by atoms with Crippen LogP contribution in [0.1, 0.15) is 33.4 Å². The van der Waals surface area contributed by atoms with E-state index in [4.69, 9.17) is 26.0 Å². The van der Waals surface area contributed by atoms with Crippen molar-refractivity contribution in [3.8, 4) is 6.07 Å². The monoisotopic (exact) mass is 437 g/mol. The maximum absolute atomic E-state index is 12.3. The fraction of sp³-hybridized carbons (Fsp3) is 0.0909. The predicted octanol–water partition coefficient (Wildman–Crippen LogP) is 4.24. The van der Waals surface area contributed by atoms with Crippen LogP contribution < -0.4 is 10.6 Å². The lowest BCUT2D eigenvalue weighted by Crippen LogP contribution is -2.30. The minimum Gasteiger partial charge on any atom is -0.459 e. The number of halogens is 1. The van der Waals surface area contributed by atoms with E-state index < -0.39 is 23.9 Å². The summed E-state index contributed by atoms with van der Waals surface area (Å²) in [5.41, 5.74) is 1.31. The van der Waals surface area contributed by atoms with E-state index in [-0.39, 0.29) is 21.9 Å². The molecule has 1 atom stereocenters. The average Bonchev–Trinajstić information content (AvgIpc) is 3.29. The number of nitrogens with zero attached hydrogens (tertiary/aromatic N) is 1. The van der Waals surface area contributed by atoms with E-state index in [9.17, 15) is 14.4 Å². The summed E-state index contributed by atoms with van der Waals surface area (Å²) in [6.45, 7) is 1.43. The second kappa shape index (κ2) is 9.61. The quantitative estimate of drug-likeness (QED) is 0.556. The molecule has 3 rings (SSSR count). The second-order valence-electron chi connectivity index (χ2n) is 6.35. The zero-order chi connectivity index (χ0) is 22.4. The molecule has 0 aliphatic rings. The molecule has 0 aliphatic heterocycles. The number of amides is 2. The Balaban J connectivity index is 1.56. The summed E-state index contributed by atoms with van der Waals surface area (Å²) in [5.74, 6) is -1.53. The highest BCUT2D eigenvalue weighted by Gasteiger charge is 2.19. The van der Waals surface area contributed by atoms with Crippen LogP contribution in [-0.2, 0) is 9.53 Å². The van der Waals surface area contributed by atoms with E-state index in [0.29, 0.717) is 11.4 Å². The van der Waals surface area contributed by atoms with Crippen molar-refractivity contribution in [2.75, 3.05) is 10.6 Å². The number of hydrogen-bond acceptors (Lipinski definition) is 6. The molecular weight excluding hydrogens is 422 g/mol. The van der Waals surface area contributed by atoms with Gasteiger partial charge in [-0.15, -0.1) is 0 Å². The first-order valence-electron chi connectivity index (χ1n) is 9.04. The van der Waals surface area contributed by atoms with Crippen LogP contribution in [0.2, 0.25) is 5.02 Å². The van der Waals surface area contributed by atoms with Crippen LogP contribution in [0.3, 0.4) is 0 Å². The van der Waals surface area contributed by atoms with Gasteiger partial charge in [0.25, 0.3) is 11.8 Å². The normalized spacial score (nSPS) is 11.1. The summed E-state index contributed by atoms with van der Waals surface area (Å²) in [4.78, 5) is 36.5. The van der Waals surface area contributed by atoms with E-state index in [0.717, 1.165) is 0 Å². The summed E-state index contributed by atoms with van der Waals surface area (Å²) in [7, 11) is 0. The lowest BCUT2D eigenvalue weighted by atomic mass is 10.2. The fourth-order valence-electron chi connectivity index (χ4n) is 2.50. The van der Waals surface area contributed by atoms with Gasteiger partial charge in [-0.3, -0.25) is 9.59 Å². The van der Waals surface area contributed by atoms with Gasteiger partial charge in [0.1, 0.15) is 6.07 Å². The molecular formula is C22H16ClN3O5. The Morgan fingerprint density at radius 1 is 1.06 bits per heavy atom. The van der Waals surface area contributed by atoms with Gasteiger partial charge in [-0.1, -0.05) is 11.6 Å². The van der Waals surface area contributed by atoms with E-state index in [1.807, 2.05) is 6.07 Å². The summed E-state index contributed by atoms with van der Waals surface area (Å²) < 4.78 is 10.2. The van der Waals surface area contributed by atoms with Crippen molar-refractivity contribution in [2.24, 2.45) is 0 Å². The van der Waals surface area contributed by atoms with Crippen molar-refractivity contribution in [3.63, 3.8) is 0 Å². The van der Waals surface area contributed by atoms with Crippen LogP contribution in [0.15, 0.2) is 65.3 Å².